The summed E-state index contributed by atoms with van der Waals surface area (Å²) in [6.07, 6.45) is 15.6. The minimum atomic E-state index is 0.597. The lowest BCUT2D eigenvalue weighted by Crippen LogP contribution is -2.34. The average Bonchev–Trinajstić information content (AvgIpc) is 2.49. The molecule has 0 unspecified atom stereocenters. The van der Waals surface area contributed by atoms with E-state index in [1.807, 2.05) is 17.0 Å². The summed E-state index contributed by atoms with van der Waals surface area (Å²) < 4.78 is 7.70. The zero-order chi connectivity index (χ0) is 15.3. The van der Waals surface area contributed by atoms with Crippen LogP contribution in [0.3, 0.4) is 0 Å². The van der Waals surface area contributed by atoms with Crippen LogP contribution in [-0.4, -0.2) is 6.61 Å². The monoisotopic (exact) mass is 312 g/mol. The zero-order valence-electron chi connectivity index (χ0n) is 13.7. The second-order valence-corrected chi connectivity index (χ2v) is 6.11. The highest BCUT2D eigenvalue weighted by Crippen LogP contribution is 2.12. The van der Waals surface area contributed by atoms with Crippen molar-refractivity contribution in [1.82, 2.24) is 0 Å². The van der Waals surface area contributed by atoms with Crippen LogP contribution in [0.5, 0.6) is 0 Å². The van der Waals surface area contributed by atoms with E-state index in [0.29, 0.717) is 6.73 Å². The van der Waals surface area contributed by atoms with Crippen molar-refractivity contribution in [1.29, 1.82) is 0 Å². The van der Waals surface area contributed by atoms with Gasteiger partial charge in [-0.1, -0.05) is 70.4 Å². The third kappa shape index (κ3) is 8.43. The highest BCUT2D eigenvalue weighted by molar-refractivity contribution is 6.31. The van der Waals surface area contributed by atoms with E-state index in [2.05, 4.69) is 19.9 Å². The lowest BCUT2D eigenvalue weighted by molar-refractivity contribution is -0.732. The molecule has 0 N–H and O–H groups in total. The number of aromatic nitrogens is 1. The molecule has 1 heterocycles. The van der Waals surface area contributed by atoms with Gasteiger partial charge in [0.1, 0.15) is 5.02 Å². The Labute approximate surface area is 135 Å². The minimum Gasteiger partial charge on any atom is -0.323 e. The van der Waals surface area contributed by atoms with Gasteiger partial charge in [0.2, 0.25) is 0 Å². The van der Waals surface area contributed by atoms with Crippen molar-refractivity contribution in [3.8, 4) is 0 Å². The molecule has 1 aromatic rings. The van der Waals surface area contributed by atoms with E-state index in [1.54, 1.807) is 0 Å². The van der Waals surface area contributed by atoms with E-state index >= 15 is 0 Å². The fourth-order valence-electron chi connectivity index (χ4n) is 2.41. The number of unbranched alkanes of at least 4 members (excludes halogenated alkanes) is 7. The van der Waals surface area contributed by atoms with Crippen LogP contribution in [0.1, 0.15) is 70.8 Å². The van der Waals surface area contributed by atoms with Gasteiger partial charge in [0, 0.05) is 6.07 Å². The van der Waals surface area contributed by atoms with Gasteiger partial charge < -0.3 is 4.74 Å². The van der Waals surface area contributed by atoms with Gasteiger partial charge in [-0.15, -0.1) is 0 Å². The van der Waals surface area contributed by atoms with Gasteiger partial charge in [0.15, 0.2) is 12.4 Å². The minimum absolute atomic E-state index is 0.597. The van der Waals surface area contributed by atoms with Crippen molar-refractivity contribution in [3.63, 3.8) is 0 Å². The molecule has 0 amide bonds. The molecule has 3 heteroatoms. The van der Waals surface area contributed by atoms with Gasteiger partial charge in [-0.25, -0.2) is 0 Å². The topological polar surface area (TPSA) is 13.1 Å². The maximum atomic E-state index is 6.19. The first-order valence-corrected chi connectivity index (χ1v) is 8.91. The van der Waals surface area contributed by atoms with Crippen molar-refractivity contribution in [3.05, 3.63) is 29.0 Å². The van der Waals surface area contributed by atoms with Crippen LogP contribution in [-0.2, 0) is 17.9 Å². The molecule has 120 valence electrons. The van der Waals surface area contributed by atoms with Crippen molar-refractivity contribution < 1.29 is 9.30 Å². The molecule has 1 aromatic heterocycles. The van der Waals surface area contributed by atoms with E-state index in [0.717, 1.165) is 24.5 Å². The summed E-state index contributed by atoms with van der Waals surface area (Å²) in [5.74, 6) is 0. The highest BCUT2D eigenvalue weighted by Gasteiger charge is 2.05. The first-order valence-electron chi connectivity index (χ1n) is 8.53. The van der Waals surface area contributed by atoms with Crippen LogP contribution in [0.25, 0.3) is 0 Å². The molecule has 0 fully saturated rings. The number of nitrogens with zero attached hydrogens (tertiary/aromatic N) is 1. The SMILES string of the molecule is CCCCCCCCCCOC[n+]1ccc(CC)c(Cl)c1. The molecule has 2 nitrogen and oxygen atoms in total. The van der Waals surface area contributed by atoms with Gasteiger partial charge in [0.05, 0.1) is 6.61 Å². The van der Waals surface area contributed by atoms with Crippen LogP contribution in [0, 0.1) is 0 Å². The molecular weight excluding hydrogens is 282 g/mol. The Morgan fingerprint density at radius 2 is 1.67 bits per heavy atom. The summed E-state index contributed by atoms with van der Waals surface area (Å²) in [6, 6.07) is 2.07. The summed E-state index contributed by atoms with van der Waals surface area (Å²) in [5, 5.41) is 0.829. The summed E-state index contributed by atoms with van der Waals surface area (Å²) in [5.41, 5.74) is 1.19. The fraction of sp³-hybridized carbons (Fsp3) is 0.722. The Hall–Kier alpha value is -0.600. The quantitative estimate of drug-likeness (QED) is 0.377. The van der Waals surface area contributed by atoms with E-state index in [1.165, 1.54) is 50.5 Å². The lowest BCUT2D eigenvalue weighted by atomic mass is 10.1. The van der Waals surface area contributed by atoms with Crippen molar-refractivity contribution in [2.75, 3.05) is 6.61 Å². The molecule has 0 aliphatic rings. The Kier molecular flexibility index (Phi) is 10.5. The predicted octanol–water partition coefficient (Wildman–Crippen LogP) is 5.30. The van der Waals surface area contributed by atoms with Crippen LogP contribution in [0.15, 0.2) is 18.5 Å². The molecular formula is C18H31ClNO+. The van der Waals surface area contributed by atoms with Gasteiger partial charge >= 0.3 is 0 Å². The maximum absolute atomic E-state index is 6.19. The number of pyridine rings is 1. The normalized spacial score (nSPS) is 11.0. The Bertz CT molecular complexity index is 381. The molecule has 0 saturated heterocycles. The predicted molar refractivity (Wildman–Crippen MR) is 89.6 cm³/mol. The van der Waals surface area contributed by atoms with Crippen LogP contribution in [0.4, 0.5) is 0 Å². The van der Waals surface area contributed by atoms with E-state index in [4.69, 9.17) is 16.3 Å². The molecule has 1 rings (SSSR count). The standard InChI is InChI=1S/C18H31ClNO/c1-3-5-6-7-8-9-10-11-14-21-16-20-13-12-17(4-2)18(19)15-20/h12-13,15H,3-11,14,16H2,1-2H3/q+1. The molecule has 0 aliphatic heterocycles. The van der Waals surface area contributed by atoms with Crippen LogP contribution >= 0.6 is 11.6 Å². The Morgan fingerprint density at radius 1 is 1.00 bits per heavy atom. The van der Waals surface area contributed by atoms with E-state index < -0.39 is 0 Å². The van der Waals surface area contributed by atoms with Crippen LogP contribution in [0.2, 0.25) is 5.02 Å². The number of hydrogen-bond donors (Lipinski definition) is 0. The summed E-state index contributed by atoms with van der Waals surface area (Å²) >= 11 is 6.19. The molecule has 0 spiro atoms. The lowest BCUT2D eigenvalue weighted by Gasteiger charge is -2.03. The Balaban J connectivity index is 2.00. The van der Waals surface area contributed by atoms with Crippen molar-refractivity contribution in [2.45, 2.75) is 78.4 Å². The molecule has 0 saturated carbocycles. The zero-order valence-corrected chi connectivity index (χ0v) is 14.5. The average molecular weight is 313 g/mol. The van der Waals surface area contributed by atoms with Gasteiger partial charge in [0.25, 0.3) is 6.73 Å². The van der Waals surface area contributed by atoms with Crippen molar-refractivity contribution in [2.24, 2.45) is 0 Å². The maximum Gasteiger partial charge on any atom is 0.252 e. The third-order valence-electron chi connectivity index (χ3n) is 3.82. The van der Waals surface area contributed by atoms with Gasteiger partial charge in [-0.3, -0.25) is 0 Å². The number of halogens is 1. The Morgan fingerprint density at radius 3 is 2.29 bits per heavy atom. The molecule has 0 aromatic carbocycles. The molecule has 0 radical (unpaired) electrons. The van der Waals surface area contributed by atoms with Gasteiger partial charge in [-0.05, 0) is 18.4 Å². The fourth-order valence-corrected chi connectivity index (χ4v) is 2.73. The molecule has 0 bridgehead atoms. The summed E-state index contributed by atoms with van der Waals surface area (Å²) in [7, 11) is 0. The smallest absolute Gasteiger partial charge is 0.252 e. The highest BCUT2D eigenvalue weighted by atomic mass is 35.5. The summed E-state index contributed by atoms with van der Waals surface area (Å²) in [4.78, 5) is 0. The largest absolute Gasteiger partial charge is 0.323 e. The summed E-state index contributed by atoms with van der Waals surface area (Å²) in [6.45, 7) is 5.82. The molecule has 0 aliphatic carbocycles. The van der Waals surface area contributed by atoms with E-state index in [-0.39, 0.29) is 0 Å². The van der Waals surface area contributed by atoms with Gasteiger partial charge in [-0.2, -0.15) is 4.57 Å². The number of rotatable bonds is 12. The molecule has 21 heavy (non-hydrogen) atoms. The molecule has 0 atom stereocenters. The number of hydrogen-bond acceptors (Lipinski definition) is 1. The van der Waals surface area contributed by atoms with Crippen LogP contribution < -0.4 is 4.57 Å². The first-order chi connectivity index (χ1) is 10.3. The number of ether oxygens (including phenoxy) is 1. The second kappa shape index (κ2) is 12.0. The first kappa shape index (κ1) is 18.4. The third-order valence-corrected chi connectivity index (χ3v) is 4.16. The van der Waals surface area contributed by atoms with E-state index in [9.17, 15) is 0 Å². The van der Waals surface area contributed by atoms with Crippen molar-refractivity contribution >= 4 is 11.6 Å². The second-order valence-electron chi connectivity index (χ2n) is 5.70. The number of aryl methyl sites for hydroxylation is 1.